The van der Waals surface area contributed by atoms with Crippen molar-refractivity contribution < 1.29 is 20.3 Å². The van der Waals surface area contributed by atoms with Gasteiger partial charge in [0, 0.05) is 0 Å². The predicted octanol–water partition coefficient (Wildman–Crippen LogP) is 5.08. The second-order valence-electron chi connectivity index (χ2n) is 5.64. The summed E-state index contributed by atoms with van der Waals surface area (Å²) in [5.41, 5.74) is 1.52. The van der Waals surface area contributed by atoms with Crippen molar-refractivity contribution in [2.75, 3.05) is 0 Å². The van der Waals surface area contributed by atoms with Gasteiger partial charge in [-0.15, -0.1) is 0 Å². The van der Waals surface area contributed by atoms with Gasteiger partial charge in [-0.1, -0.05) is 0 Å². The molecule has 0 heterocycles. The van der Waals surface area contributed by atoms with Crippen LogP contribution in [0.1, 0.15) is 18.4 Å². The van der Waals surface area contributed by atoms with Crippen LogP contribution in [0.15, 0.2) is 73.3 Å². The molecule has 0 nitrogen and oxygen atoms in total. The minimum atomic E-state index is -2.39. The van der Waals surface area contributed by atoms with Crippen molar-refractivity contribution in [3.05, 3.63) is 78.9 Å². The second kappa shape index (κ2) is 5.59. The summed E-state index contributed by atoms with van der Waals surface area (Å²) in [5.74, 6) is 0. The van der Waals surface area contributed by atoms with E-state index in [1.807, 2.05) is 0 Å². The van der Waals surface area contributed by atoms with E-state index in [2.05, 4.69) is 71.4 Å². The molecular weight excluding hydrogens is 307 g/mol. The summed E-state index contributed by atoms with van der Waals surface area (Å²) < 4.78 is 7.43. The molecule has 1 heteroatoms. The van der Waals surface area contributed by atoms with E-state index in [0.29, 0.717) is 0 Å². The van der Waals surface area contributed by atoms with Gasteiger partial charge in [-0.2, -0.15) is 0 Å². The fraction of sp³-hybridized carbons (Fsp3) is 0.222. The summed E-state index contributed by atoms with van der Waals surface area (Å²) in [7, 11) is 0. The van der Waals surface area contributed by atoms with Crippen molar-refractivity contribution in [2.24, 2.45) is 0 Å². The Bertz CT molecular complexity index is 543. The van der Waals surface area contributed by atoms with E-state index in [1.165, 1.54) is 22.5 Å². The maximum absolute atomic E-state index is 2.61. The first-order valence-corrected chi connectivity index (χ1v) is 13.7. The molecule has 0 fully saturated rings. The Balaban J connectivity index is 1.92. The number of hydrogen-bond acceptors (Lipinski definition) is 0. The molecule has 0 amide bonds. The fourth-order valence-electron chi connectivity index (χ4n) is 3.15. The summed E-state index contributed by atoms with van der Waals surface area (Å²) in [5, 5.41) is 0. The topological polar surface area (TPSA) is 0 Å². The first kappa shape index (κ1) is 13.1. The fourth-order valence-corrected chi connectivity index (χ4v) is 12.9. The predicted molar refractivity (Wildman–Crippen MR) is 79.7 cm³/mol. The Hall–Kier alpha value is -0.937. The second-order valence-corrected chi connectivity index (χ2v) is 16.2. The molecule has 0 aliphatic heterocycles. The van der Waals surface area contributed by atoms with Crippen molar-refractivity contribution in [1.29, 1.82) is 0 Å². The first-order chi connectivity index (χ1) is 9.29. The normalized spacial score (nSPS) is 17.7. The Morgan fingerprint density at radius 1 is 0.895 bits per heavy atom. The van der Waals surface area contributed by atoms with E-state index in [1.54, 1.807) is 6.56 Å². The van der Waals surface area contributed by atoms with E-state index < -0.39 is 20.3 Å². The molecule has 0 N–H and O–H groups in total. The molecule has 0 bridgehead atoms. The van der Waals surface area contributed by atoms with Gasteiger partial charge in [0.25, 0.3) is 0 Å². The standard InChI is InChI=1S/C7H7.2C5H5.CH3.Zr/c1-7-5-3-2-4-6-7;2*1-2-4-5-3-1;;/h2-6H,1H2;2*1-3H,4H2;1H3;. The molecule has 2 aliphatic rings. The number of rotatable bonds is 4. The first-order valence-electron chi connectivity index (χ1n) is 7.05. The van der Waals surface area contributed by atoms with Crippen LogP contribution in [0.4, 0.5) is 0 Å². The van der Waals surface area contributed by atoms with Crippen LogP contribution in [0.2, 0.25) is 4.63 Å². The average Bonchev–Trinajstić information content (AvgIpc) is 3.14. The van der Waals surface area contributed by atoms with Gasteiger partial charge in [0.2, 0.25) is 0 Å². The maximum atomic E-state index is 2.61. The third-order valence-corrected chi connectivity index (χ3v) is 15.9. The van der Waals surface area contributed by atoms with Crippen molar-refractivity contribution in [1.82, 2.24) is 0 Å². The van der Waals surface area contributed by atoms with Crippen molar-refractivity contribution >= 4 is 0 Å². The zero-order valence-corrected chi connectivity index (χ0v) is 13.9. The Kier molecular flexibility index (Phi) is 3.84. The van der Waals surface area contributed by atoms with Crippen molar-refractivity contribution in [2.45, 2.75) is 21.6 Å². The summed E-state index contributed by atoms with van der Waals surface area (Å²) in [6, 6.07) is 11.0. The molecule has 0 aromatic heterocycles. The molecule has 19 heavy (non-hydrogen) atoms. The Morgan fingerprint density at radius 2 is 1.47 bits per heavy atom. The zero-order chi connectivity index (χ0) is 13.1. The van der Waals surface area contributed by atoms with Gasteiger partial charge in [0.05, 0.1) is 0 Å². The quantitative estimate of drug-likeness (QED) is 0.724. The average molecular weight is 328 g/mol. The monoisotopic (exact) mass is 326 g/mol. The molecule has 0 saturated heterocycles. The zero-order valence-electron chi connectivity index (χ0n) is 11.5. The van der Waals surface area contributed by atoms with Gasteiger partial charge in [0.1, 0.15) is 0 Å². The minimum absolute atomic E-state index is 1.19. The molecule has 3 rings (SSSR count). The number of allylic oxidation sites excluding steroid dienone is 8. The van der Waals surface area contributed by atoms with Crippen LogP contribution in [0.5, 0.6) is 0 Å². The van der Waals surface area contributed by atoms with Gasteiger partial charge in [-0.3, -0.25) is 0 Å². The van der Waals surface area contributed by atoms with Crippen LogP contribution >= 0.6 is 0 Å². The van der Waals surface area contributed by atoms with Crippen LogP contribution in [0, 0.1) is 0 Å². The molecule has 0 unspecified atom stereocenters. The molecule has 0 spiro atoms. The van der Waals surface area contributed by atoms with Crippen LogP contribution in [-0.2, 0) is 24.4 Å². The van der Waals surface area contributed by atoms with E-state index in [9.17, 15) is 0 Å². The summed E-state index contributed by atoms with van der Waals surface area (Å²) in [4.78, 5) is 0. The molecule has 1 aromatic carbocycles. The molecule has 1 aromatic rings. The third-order valence-electron chi connectivity index (χ3n) is 4.36. The van der Waals surface area contributed by atoms with Gasteiger partial charge in [0.15, 0.2) is 0 Å². The third kappa shape index (κ3) is 2.67. The summed E-state index contributed by atoms with van der Waals surface area (Å²) in [6.45, 7) is 0. The molecule has 0 saturated carbocycles. The van der Waals surface area contributed by atoms with Crippen LogP contribution in [0.3, 0.4) is 0 Å². The summed E-state index contributed by atoms with van der Waals surface area (Å²) in [6.07, 6.45) is 16.3. The number of benzene rings is 1. The summed E-state index contributed by atoms with van der Waals surface area (Å²) >= 11 is -2.39. The van der Waals surface area contributed by atoms with Crippen LogP contribution in [-0.4, -0.2) is 0 Å². The molecule has 0 radical (unpaired) electrons. The molecule has 2 aliphatic carbocycles. The van der Waals surface area contributed by atoms with Crippen molar-refractivity contribution in [3.63, 3.8) is 0 Å². The van der Waals surface area contributed by atoms with E-state index in [-0.39, 0.29) is 0 Å². The molecular formula is C18H20Zr. The van der Waals surface area contributed by atoms with E-state index in [4.69, 9.17) is 0 Å². The van der Waals surface area contributed by atoms with Gasteiger partial charge in [-0.05, 0) is 0 Å². The van der Waals surface area contributed by atoms with Crippen LogP contribution in [0.25, 0.3) is 0 Å². The molecule has 96 valence electrons. The Morgan fingerprint density at radius 3 is 1.95 bits per heavy atom. The van der Waals surface area contributed by atoms with Gasteiger partial charge < -0.3 is 0 Å². The number of hydrogen-bond donors (Lipinski definition) is 0. The van der Waals surface area contributed by atoms with Gasteiger partial charge >= 0.3 is 121 Å². The Labute approximate surface area is 120 Å². The SMILES string of the molecule is [CH3][Zr]([CH2]c1ccccc1)([C]1=CC=CC1)[C]1=CC=CC1. The van der Waals surface area contributed by atoms with E-state index >= 15 is 0 Å². The van der Waals surface area contributed by atoms with Crippen molar-refractivity contribution in [3.8, 4) is 0 Å². The van der Waals surface area contributed by atoms with E-state index in [0.717, 1.165) is 0 Å². The van der Waals surface area contributed by atoms with Crippen LogP contribution < -0.4 is 0 Å². The van der Waals surface area contributed by atoms with Gasteiger partial charge in [-0.25, -0.2) is 0 Å². The molecule has 0 atom stereocenters.